The fraction of sp³-hybridized carbons (Fsp3) is 1.00. The molecule has 0 aromatic carbocycles. The SMILES string of the molecule is OCCCC1CC(NCCO)CN(CC2CC2)C1. The van der Waals surface area contributed by atoms with Crippen LogP contribution in [0.15, 0.2) is 0 Å². The van der Waals surface area contributed by atoms with Crippen molar-refractivity contribution in [2.75, 3.05) is 39.4 Å². The van der Waals surface area contributed by atoms with Crippen LogP contribution in [-0.2, 0) is 0 Å². The van der Waals surface area contributed by atoms with Crippen molar-refractivity contribution in [3.63, 3.8) is 0 Å². The van der Waals surface area contributed by atoms with Gasteiger partial charge in [-0.15, -0.1) is 0 Å². The van der Waals surface area contributed by atoms with Crippen LogP contribution >= 0.6 is 0 Å². The number of nitrogens with zero attached hydrogens (tertiary/aromatic N) is 1. The van der Waals surface area contributed by atoms with Crippen molar-refractivity contribution in [3.05, 3.63) is 0 Å². The van der Waals surface area contributed by atoms with E-state index in [-0.39, 0.29) is 6.61 Å². The van der Waals surface area contributed by atoms with Gasteiger partial charge in [0.2, 0.25) is 0 Å². The summed E-state index contributed by atoms with van der Waals surface area (Å²) in [5.41, 5.74) is 0. The summed E-state index contributed by atoms with van der Waals surface area (Å²) < 4.78 is 0. The Hall–Kier alpha value is -0.160. The number of nitrogens with one attached hydrogen (secondary N) is 1. The van der Waals surface area contributed by atoms with E-state index in [1.54, 1.807) is 0 Å². The fourth-order valence-corrected chi connectivity index (χ4v) is 3.12. The van der Waals surface area contributed by atoms with E-state index in [4.69, 9.17) is 10.2 Å². The van der Waals surface area contributed by atoms with E-state index in [1.165, 1.54) is 32.4 Å². The number of likely N-dealkylation sites (tertiary alicyclic amines) is 1. The van der Waals surface area contributed by atoms with Crippen molar-refractivity contribution in [1.82, 2.24) is 10.2 Å². The first-order valence-electron chi connectivity index (χ1n) is 7.49. The van der Waals surface area contributed by atoms with Crippen LogP contribution in [0.4, 0.5) is 0 Å². The maximum atomic E-state index is 8.96. The van der Waals surface area contributed by atoms with Gasteiger partial charge in [-0.05, 0) is 43.9 Å². The molecule has 2 aliphatic rings. The summed E-state index contributed by atoms with van der Waals surface area (Å²) in [6.07, 6.45) is 6.07. The summed E-state index contributed by atoms with van der Waals surface area (Å²) >= 11 is 0. The number of hydrogen-bond donors (Lipinski definition) is 3. The molecule has 106 valence electrons. The predicted molar refractivity (Wildman–Crippen MR) is 72.5 cm³/mol. The van der Waals surface area contributed by atoms with Gasteiger partial charge in [-0.2, -0.15) is 0 Å². The lowest BCUT2D eigenvalue weighted by Crippen LogP contribution is -2.50. The molecule has 2 fully saturated rings. The van der Waals surface area contributed by atoms with Crippen molar-refractivity contribution in [2.45, 2.75) is 38.1 Å². The van der Waals surface area contributed by atoms with Gasteiger partial charge in [-0.1, -0.05) is 0 Å². The van der Waals surface area contributed by atoms with E-state index >= 15 is 0 Å². The van der Waals surface area contributed by atoms with Crippen molar-refractivity contribution >= 4 is 0 Å². The molecule has 2 unspecified atom stereocenters. The van der Waals surface area contributed by atoms with Crippen LogP contribution in [0.5, 0.6) is 0 Å². The lowest BCUT2D eigenvalue weighted by atomic mass is 9.90. The average molecular weight is 256 g/mol. The highest BCUT2D eigenvalue weighted by atomic mass is 16.3. The fourth-order valence-electron chi connectivity index (χ4n) is 3.12. The van der Waals surface area contributed by atoms with Gasteiger partial charge in [0.05, 0.1) is 6.61 Å². The molecule has 1 saturated carbocycles. The molecule has 3 N–H and O–H groups in total. The number of aliphatic hydroxyl groups excluding tert-OH is 2. The molecule has 1 aliphatic carbocycles. The van der Waals surface area contributed by atoms with Crippen LogP contribution in [0.25, 0.3) is 0 Å². The van der Waals surface area contributed by atoms with E-state index in [1.807, 2.05) is 0 Å². The van der Waals surface area contributed by atoms with Crippen LogP contribution in [0.2, 0.25) is 0 Å². The van der Waals surface area contributed by atoms with E-state index in [0.717, 1.165) is 25.3 Å². The van der Waals surface area contributed by atoms with Gasteiger partial charge in [0.1, 0.15) is 0 Å². The summed E-state index contributed by atoms with van der Waals surface area (Å²) in [4.78, 5) is 2.60. The Kier molecular flexibility index (Phi) is 5.89. The molecule has 2 rings (SSSR count). The van der Waals surface area contributed by atoms with Gasteiger partial charge in [-0.3, -0.25) is 0 Å². The first-order chi connectivity index (χ1) is 8.81. The topological polar surface area (TPSA) is 55.7 Å². The molecule has 4 heteroatoms. The van der Waals surface area contributed by atoms with Gasteiger partial charge < -0.3 is 20.4 Å². The Morgan fingerprint density at radius 1 is 1.06 bits per heavy atom. The van der Waals surface area contributed by atoms with Gasteiger partial charge >= 0.3 is 0 Å². The van der Waals surface area contributed by atoms with Crippen LogP contribution < -0.4 is 5.32 Å². The number of hydrogen-bond acceptors (Lipinski definition) is 4. The zero-order valence-corrected chi connectivity index (χ0v) is 11.4. The van der Waals surface area contributed by atoms with Gasteiger partial charge in [0.25, 0.3) is 0 Å². The third kappa shape index (κ3) is 4.84. The zero-order valence-electron chi connectivity index (χ0n) is 11.4. The lowest BCUT2D eigenvalue weighted by Gasteiger charge is -2.38. The van der Waals surface area contributed by atoms with E-state index < -0.39 is 0 Å². The Labute approximate surface area is 110 Å². The minimum absolute atomic E-state index is 0.223. The summed E-state index contributed by atoms with van der Waals surface area (Å²) in [5.74, 6) is 1.65. The average Bonchev–Trinajstić information content (AvgIpc) is 3.17. The second-order valence-corrected chi connectivity index (χ2v) is 6.00. The summed E-state index contributed by atoms with van der Waals surface area (Å²) in [6.45, 7) is 4.83. The molecule has 1 aliphatic heterocycles. The monoisotopic (exact) mass is 256 g/mol. The number of rotatable bonds is 8. The number of piperidine rings is 1. The Morgan fingerprint density at radius 3 is 2.56 bits per heavy atom. The maximum absolute atomic E-state index is 8.96. The second kappa shape index (κ2) is 7.43. The molecule has 0 aromatic heterocycles. The third-order valence-corrected chi connectivity index (χ3v) is 4.14. The molecule has 0 amide bonds. The van der Waals surface area contributed by atoms with Crippen LogP contribution in [0.1, 0.15) is 32.1 Å². The smallest absolute Gasteiger partial charge is 0.0556 e. The summed E-state index contributed by atoms with van der Waals surface area (Å²) in [6, 6.07) is 0.522. The largest absolute Gasteiger partial charge is 0.396 e. The third-order valence-electron chi connectivity index (χ3n) is 4.14. The van der Waals surface area contributed by atoms with Crippen molar-refractivity contribution in [2.24, 2.45) is 11.8 Å². The molecule has 1 heterocycles. The lowest BCUT2D eigenvalue weighted by molar-refractivity contribution is 0.122. The summed E-state index contributed by atoms with van der Waals surface area (Å²) in [5, 5.41) is 21.3. The van der Waals surface area contributed by atoms with E-state index in [2.05, 4.69) is 10.2 Å². The Morgan fingerprint density at radius 2 is 1.89 bits per heavy atom. The first-order valence-corrected chi connectivity index (χ1v) is 7.49. The molecule has 0 radical (unpaired) electrons. The van der Waals surface area contributed by atoms with Gasteiger partial charge in [-0.25, -0.2) is 0 Å². The molecule has 0 spiro atoms. The van der Waals surface area contributed by atoms with Crippen molar-refractivity contribution < 1.29 is 10.2 Å². The Bertz CT molecular complexity index is 218. The highest BCUT2D eigenvalue weighted by Crippen LogP contribution is 2.31. The molecule has 0 aromatic rings. The maximum Gasteiger partial charge on any atom is 0.0556 e. The van der Waals surface area contributed by atoms with Crippen LogP contribution in [-0.4, -0.2) is 60.5 Å². The minimum Gasteiger partial charge on any atom is -0.396 e. The highest BCUT2D eigenvalue weighted by molar-refractivity contribution is 4.86. The van der Waals surface area contributed by atoms with Gasteiger partial charge in [0, 0.05) is 38.8 Å². The molecule has 2 atom stereocenters. The molecular formula is C14H28N2O2. The van der Waals surface area contributed by atoms with Crippen LogP contribution in [0.3, 0.4) is 0 Å². The first kappa shape index (κ1) is 14.3. The highest BCUT2D eigenvalue weighted by Gasteiger charge is 2.30. The quantitative estimate of drug-likeness (QED) is 0.590. The van der Waals surface area contributed by atoms with Crippen LogP contribution in [0, 0.1) is 11.8 Å². The molecule has 1 saturated heterocycles. The van der Waals surface area contributed by atoms with E-state index in [9.17, 15) is 0 Å². The normalized spacial score (nSPS) is 29.7. The summed E-state index contributed by atoms with van der Waals surface area (Å²) in [7, 11) is 0. The molecule has 4 nitrogen and oxygen atoms in total. The molecule has 0 bridgehead atoms. The van der Waals surface area contributed by atoms with Crippen molar-refractivity contribution in [3.8, 4) is 0 Å². The standard InChI is InChI=1S/C14H28N2O2/c17-6-1-2-13-8-14(15-5-7-18)11-16(10-13)9-12-3-4-12/h12-15,17-18H,1-11H2. The number of aliphatic hydroxyl groups is 2. The Balaban J connectivity index is 1.78. The molecular weight excluding hydrogens is 228 g/mol. The van der Waals surface area contributed by atoms with E-state index in [0.29, 0.717) is 25.1 Å². The predicted octanol–water partition coefficient (Wildman–Crippen LogP) is 0.441. The zero-order chi connectivity index (χ0) is 12.8. The van der Waals surface area contributed by atoms with Gasteiger partial charge in [0.15, 0.2) is 0 Å². The van der Waals surface area contributed by atoms with Crippen molar-refractivity contribution in [1.29, 1.82) is 0 Å². The second-order valence-electron chi connectivity index (χ2n) is 6.00. The minimum atomic E-state index is 0.223. The molecule has 18 heavy (non-hydrogen) atoms.